The zero-order chi connectivity index (χ0) is 48.1. The number of benzene rings is 5. The van der Waals surface area contributed by atoms with Crippen LogP contribution in [0.2, 0.25) is 0 Å². The van der Waals surface area contributed by atoms with E-state index >= 15 is 0 Å². The van der Waals surface area contributed by atoms with Gasteiger partial charge in [0.2, 0.25) is 0 Å². The van der Waals surface area contributed by atoms with Gasteiger partial charge in [0.1, 0.15) is 17.8 Å². The molecule has 0 bridgehead atoms. The van der Waals surface area contributed by atoms with E-state index < -0.39 is 5.60 Å². The summed E-state index contributed by atoms with van der Waals surface area (Å²) in [7, 11) is 0. The molecule has 0 N–H and O–H groups in total. The van der Waals surface area contributed by atoms with Crippen LogP contribution < -0.4 is 0 Å². The van der Waals surface area contributed by atoms with Crippen LogP contribution in [0.3, 0.4) is 0 Å². The summed E-state index contributed by atoms with van der Waals surface area (Å²) >= 11 is 7.15. The monoisotopic (exact) mass is 1080 g/mol. The molecule has 0 aromatic heterocycles. The molecule has 0 amide bonds. The first-order valence-corrected chi connectivity index (χ1v) is 26.7. The number of fused-ring (bicyclic) bond motifs is 3. The van der Waals surface area contributed by atoms with E-state index in [0.29, 0.717) is 71.9 Å². The van der Waals surface area contributed by atoms with E-state index in [2.05, 4.69) is 143 Å². The lowest BCUT2D eigenvalue weighted by molar-refractivity contribution is -0.293. The van der Waals surface area contributed by atoms with Crippen molar-refractivity contribution in [2.75, 3.05) is 13.2 Å². The fraction of sp³-hybridized carbons (Fsp3) is 0.458. The lowest BCUT2D eigenvalue weighted by Crippen LogP contribution is -2.63. The number of rotatable bonds is 17. The van der Waals surface area contributed by atoms with Crippen molar-refractivity contribution in [1.82, 2.24) is 0 Å². The smallest absolute Gasteiger partial charge is 0.118 e. The van der Waals surface area contributed by atoms with Crippen molar-refractivity contribution >= 4 is 31.9 Å². The normalized spacial score (nSPS) is 30.7. The average molecular weight is 1080 g/mol. The van der Waals surface area contributed by atoms with Gasteiger partial charge in [-0.1, -0.05) is 166 Å². The van der Waals surface area contributed by atoms with E-state index in [1.165, 1.54) is 0 Å². The Bertz CT molecular complexity index is 2340. The molecule has 12 atom stereocenters. The predicted octanol–water partition coefficient (Wildman–Crippen LogP) is 12.7. The summed E-state index contributed by atoms with van der Waals surface area (Å²) in [5.41, 5.74) is 4.70. The summed E-state index contributed by atoms with van der Waals surface area (Å²) in [6.07, 6.45) is 5.47. The van der Waals surface area contributed by atoms with E-state index in [1.54, 1.807) is 0 Å². The number of halogens is 2. The van der Waals surface area contributed by atoms with Crippen LogP contribution in [0.4, 0.5) is 0 Å². The molecule has 5 aromatic rings. The Hall–Kier alpha value is -3.56. The van der Waals surface area contributed by atoms with Gasteiger partial charge in [0.05, 0.1) is 95.1 Å². The highest BCUT2D eigenvalue weighted by Gasteiger charge is 2.57. The maximum atomic E-state index is 7.53. The topological polar surface area (TPSA) is 83.1 Å². The van der Waals surface area contributed by atoms with Crippen LogP contribution in [0, 0.1) is 5.92 Å². The molecule has 372 valence electrons. The molecule has 4 aliphatic heterocycles. The fourth-order valence-electron chi connectivity index (χ4n) is 10.4. The molecule has 3 fully saturated rings. The van der Waals surface area contributed by atoms with Crippen molar-refractivity contribution in [2.24, 2.45) is 5.92 Å². The molecule has 0 radical (unpaired) electrons. The Labute approximate surface area is 431 Å². The van der Waals surface area contributed by atoms with E-state index in [0.717, 1.165) is 49.6 Å². The summed E-state index contributed by atoms with van der Waals surface area (Å²) in [4.78, 5) is 0. The van der Waals surface area contributed by atoms with Gasteiger partial charge in [0.25, 0.3) is 0 Å². The van der Waals surface area contributed by atoms with Gasteiger partial charge >= 0.3 is 0 Å². The molecular formula is C59H68Br2O9. The summed E-state index contributed by atoms with van der Waals surface area (Å²) in [5.74, 6) is 0.270. The second kappa shape index (κ2) is 25.4. The standard InChI is InChI=1S/C59H68Br2O9/c1-41-30-51(65-37-46-24-28-48(61)29-25-46)56(40-63-35-45-22-26-47(60)27-23-45)68-53-33-58-59(2,70-54(53)31-41)57(66-38-44-18-10-5-11-19-44)32-52-50(69-58)21-13-12-20-49(64-36-43-16-8-4-9-17-43)55(67-52)39-62-34-42-14-6-3-7-15-42/h3-19,22-29,41,49-58H,20-21,30-40H2,1-2H3/b13-12-/t41-,49-,50+,51+,52-,53+,54-,55+,56-,57-,58-,59+/m1/s1. The first kappa shape index (κ1) is 51.3. The average Bonchev–Trinajstić information content (AvgIpc) is 3.41. The number of hydrogen-bond acceptors (Lipinski definition) is 9. The van der Waals surface area contributed by atoms with Crippen LogP contribution in [-0.4, -0.2) is 79.9 Å². The Kier molecular flexibility index (Phi) is 18.6. The van der Waals surface area contributed by atoms with Crippen molar-refractivity contribution < 1.29 is 42.6 Å². The second-order valence-corrected chi connectivity index (χ2v) is 21.5. The molecule has 5 aromatic carbocycles. The summed E-state index contributed by atoms with van der Waals surface area (Å²) in [6.45, 7) is 7.52. The third-order valence-corrected chi connectivity index (χ3v) is 15.3. The van der Waals surface area contributed by atoms with Crippen molar-refractivity contribution in [3.05, 3.63) is 188 Å². The van der Waals surface area contributed by atoms with Crippen molar-refractivity contribution in [1.29, 1.82) is 0 Å². The van der Waals surface area contributed by atoms with Crippen LogP contribution >= 0.6 is 31.9 Å². The highest BCUT2D eigenvalue weighted by Crippen LogP contribution is 2.46. The quantitative estimate of drug-likeness (QED) is 0.0846. The molecule has 3 saturated heterocycles. The molecule has 0 saturated carbocycles. The Morgan fingerprint density at radius 2 is 0.943 bits per heavy atom. The van der Waals surface area contributed by atoms with E-state index in [9.17, 15) is 0 Å². The molecule has 11 heteroatoms. The third-order valence-electron chi connectivity index (χ3n) is 14.3. The molecule has 70 heavy (non-hydrogen) atoms. The zero-order valence-electron chi connectivity index (χ0n) is 40.4. The molecule has 9 rings (SSSR count). The second-order valence-electron chi connectivity index (χ2n) is 19.7. The van der Waals surface area contributed by atoms with Crippen LogP contribution in [-0.2, 0) is 75.7 Å². The Morgan fingerprint density at radius 3 is 1.53 bits per heavy atom. The Morgan fingerprint density at radius 1 is 0.471 bits per heavy atom. The van der Waals surface area contributed by atoms with E-state index in [1.807, 2.05) is 54.6 Å². The lowest BCUT2D eigenvalue weighted by atomic mass is 9.79. The lowest BCUT2D eigenvalue weighted by Gasteiger charge is -2.52. The summed E-state index contributed by atoms with van der Waals surface area (Å²) in [5, 5.41) is 0. The molecule has 4 heterocycles. The van der Waals surface area contributed by atoms with E-state index in [4.69, 9.17) is 42.6 Å². The summed E-state index contributed by atoms with van der Waals surface area (Å²) in [6, 6.07) is 47.6. The zero-order valence-corrected chi connectivity index (χ0v) is 43.6. The first-order chi connectivity index (χ1) is 34.2. The molecule has 9 nitrogen and oxygen atoms in total. The van der Waals surface area contributed by atoms with Crippen LogP contribution in [0.15, 0.2) is 161 Å². The fourth-order valence-corrected chi connectivity index (χ4v) is 10.9. The Balaban J connectivity index is 0.990. The predicted molar refractivity (Wildman–Crippen MR) is 278 cm³/mol. The molecule has 4 aliphatic rings. The van der Waals surface area contributed by atoms with Gasteiger partial charge in [0.15, 0.2) is 0 Å². The number of ether oxygens (including phenoxy) is 9. The molecule has 0 aliphatic carbocycles. The third kappa shape index (κ3) is 14.1. The van der Waals surface area contributed by atoms with Gasteiger partial charge in [-0.15, -0.1) is 0 Å². The van der Waals surface area contributed by atoms with Gasteiger partial charge in [-0.25, -0.2) is 0 Å². The first-order valence-electron chi connectivity index (χ1n) is 25.1. The van der Waals surface area contributed by atoms with E-state index in [-0.39, 0.29) is 67.0 Å². The molecule has 0 unspecified atom stereocenters. The van der Waals surface area contributed by atoms with Crippen LogP contribution in [0.5, 0.6) is 0 Å². The SMILES string of the molecule is C[C@@H]1C[C@H](OCc2ccc(Br)cc2)[C@@H](COCc2ccc(Br)cc2)O[C@H]2C[C@H]3O[C@H]4C/C=C\C[C@@H](OCc5ccccc5)[C@H](COCc5ccccc5)O[C@@H]4C[C@@H](OCc4ccccc4)[C@]3(C)O[C@@H]2C1. The number of hydrogen-bond donors (Lipinski definition) is 0. The van der Waals surface area contributed by atoms with Crippen LogP contribution in [0.25, 0.3) is 0 Å². The largest absolute Gasteiger partial charge is 0.374 e. The van der Waals surface area contributed by atoms with Crippen LogP contribution in [0.1, 0.15) is 80.2 Å². The maximum absolute atomic E-state index is 7.53. The minimum absolute atomic E-state index is 0.204. The molecular weight excluding hydrogens is 1010 g/mol. The van der Waals surface area contributed by atoms with Gasteiger partial charge in [-0.2, -0.15) is 0 Å². The minimum atomic E-state index is -0.823. The minimum Gasteiger partial charge on any atom is -0.374 e. The van der Waals surface area contributed by atoms with Gasteiger partial charge in [-0.3, -0.25) is 0 Å². The van der Waals surface area contributed by atoms with Gasteiger partial charge < -0.3 is 42.6 Å². The van der Waals surface area contributed by atoms with Crippen molar-refractivity contribution in [3.8, 4) is 0 Å². The van der Waals surface area contributed by atoms with Gasteiger partial charge in [-0.05, 0) is 90.6 Å². The van der Waals surface area contributed by atoms with Crippen molar-refractivity contribution in [3.63, 3.8) is 0 Å². The highest BCUT2D eigenvalue weighted by atomic mass is 79.9. The highest BCUT2D eigenvalue weighted by molar-refractivity contribution is 9.10. The molecule has 0 spiro atoms. The van der Waals surface area contributed by atoms with Gasteiger partial charge in [0, 0.05) is 21.8 Å². The summed E-state index contributed by atoms with van der Waals surface area (Å²) < 4.78 is 65.4. The van der Waals surface area contributed by atoms with Crippen molar-refractivity contribution in [2.45, 2.75) is 152 Å². The maximum Gasteiger partial charge on any atom is 0.118 e.